The third-order valence-electron chi connectivity index (χ3n) is 4.43. The van der Waals surface area contributed by atoms with Crippen LogP contribution in [0.5, 0.6) is 0 Å². The number of aryl methyl sites for hydroxylation is 2. The van der Waals surface area contributed by atoms with E-state index in [9.17, 15) is 17.6 Å². The third-order valence-corrected chi connectivity index (χ3v) is 5.94. The molecule has 3 rings (SSSR count). The first-order valence-electron chi connectivity index (χ1n) is 7.95. The first-order valence-corrected chi connectivity index (χ1v) is 9.43. The highest BCUT2D eigenvalue weighted by atomic mass is 32.2. The normalized spacial score (nSPS) is 18.0. The largest absolute Gasteiger partial charge is 0.311 e. The van der Waals surface area contributed by atoms with Crippen molar-refractivity contribution in [3.63, 3.8) is 0 Å². The summed E-state index contributed by atoms with van der Waals surface area (Å²) in [5.41, 5.74) is 2.91. The molecule has 5 nitrogen and oxygen atoms in total. The Bertz CT molecular complexity index is 928. The Labute approximate surface area is 146 Å². The van der Waals surface area contributed by atoms with Crippen LogP contribution in [0.25, 0.3) is 0 Å². The molecular formula is C18H19FN2O3S. The Morgan fingerprint density at radius 3 is 2.52 bits per heavy atom. The number of hydrogen-bond donors (Lipinski definition) is 1. The van der Waals surface area contributed by atoms with Crippen molar-refractivity contribution in [3.05, 3.63) is 59.4 Å². The van der Waals surface area contributed by atoms with Crippen LogP contribution in [0.2, 0.25) is 0 Å². The van der Waals surface area contributed by atoms with Crippen molar-refractivity contribution >= 4 is 21.6 Å². The summed E-state index contributed by atoms with van der Waals surface area (Å²) >= 11 is 0. The lowest BCUT2D eigenvalue weighted by Crippen LogP contribution is -2.41. The average Bonchev–Trinajstić information content (AvgIpc) is 2.91. The van der Waals surface area contributed by atoms with Crippen LogP contribution in [0.4, 0.5) is 10.1 Å². The van der Waals surface area contributed by atoms with Crippen LogP contribution in [-0.2, 0) is 14.8 Å². The number of amides is 1. The van der Waals surface area contributed by atoms with Gasteiger partial charge in [-0.15, -0.1) is 0 Å². The number of hydrogen-bond acceptors (Lipinski definition) is 3. The maximum absolute atomic E-state index is 13.8. The molecule has 1 atom stereocenters. The molecule has 0 bridgehead atoms. The Morgan fingerprint density at radius 1 is 1.12 bits per heavy atom. The van der Waals surface area contributed by atoms with Crippen LogP contribution < -0.4 is 9.62 Å². The molecule has 7 heteroatoms. The van der Waals surface area contributed by atoms with E-state index in [0.717, 1.165) is 22.9 Å². The maximum atomic E-state index is 13.8. The highest BCUT2D eigenvalue weighted by Crippen LogP contribution is 2.25. The summed E-state index contributed by atoms with van der Waals surface area (Å²) in [6, 6.07) is 9.88. The number of benzene rings is 2. The summed E-state index contributed by atoms with van der Waals surface area (Å²) in [5, 5.41) is 0. The van der Waals surface area contributed by atoms with E-state index in [1.54, 1.807) is 4.90 Å². The monoisotopic (exact) mass is 362 g/mol. The van der Waals surface area contributed by atoms with E-state index in [0.29, 0.717) is 13.0 Å². The van der Waals surface area contributed by atoms with Gasteiger partial charge in [-0.25, -0.2) is 12.8 Å². The molecule has 25 heavy (non-hydrogen) atoms. The average molecular weight is 362 g/mol. The van der Waals surface area contributed by atoms with E-state index >= 15 is 0 Å². The highest BCUT2D eigenvalue weighted by Gasteiger charge is 2.36. The minimum Gasteiger partial charge on any atom is -0.311 e. The minimum absolute atomic E-state index is 0.330. The number of nitrogens with one attached hydrogen (secondary N) is 1. The van der Waals surface area contributed by atoms with Gasteiger partial charge in [0, 0.05) is 12.2 Å². The summed E-state index contributed by atoms with van der Waals surface area (Å²) in [4.78, 5) is 13.7. The van der Waals surface area contributed by atoms with Crippen molar-refractivity contribution in [2.45, 2.75) is 31.2 Å². The predicted molar refractivity (Wildman–Crippen MR) is 93.4 cm³/mol. The van der Waals surface area contributed by atoms with E-state index in [4.69, 9.17) is 0 Å². The van der Waals surface area contributed by atoms with Gasteiger partial charge in [0.25, 0.3) is 0 Å². The molecule has 1 aliphatic rings. The number of carbonyl (C=O) groups is 1. The van der Waals surface area contributed by atoms with Gasteiger partial charge in [0.15, 0.2) is 0 Å². The van der Waals surface area contributed by atoms with Gasteiger partial charge in [-0.3, -0.25) is 4.79 Å². The smallest absolute Gasteiger partial charge is 0.245 e. The quantitative estimate of drug-likeness (QED) is 0.909. The zero-order valence-corrected chi connectivity index (χ0v) is 14.8. The van der Waals surface area contributed by atoms with Gasteiger partial charge >= 0.3 is 0 Å². The van der Waals surface area contributed by atoms with E-state index in [1.165, 1.54) is 18.2 Å². The molecule has 0 unspecified atom stereocenters. The van der Waals surface area contributed by atoms with E-state index < -0.39 is 26.8 Å². The highest BCUT2D eigenvalue weighted by molar-refractivity contribution is 7.89. The molecule has 1 fully saturated rings. The minimum atomic E-state index is -4.10. The molecule has 2 aromatic carbocycles. The van der Waals surface area contributed by atoms with E-state index in [1.807, 2.05) is 32.0 Å². The number of halogens is 1. The molecule has 1 saturated heterocycles. The van der Waals surface area contributed by atoms with Crippen molar-refractivity contribution < 1.29 is 17.6 Å². The molecule has 0 aromatic heterocycles. The summed E-state index contributed by atoms with van der Waals surface area (Å²) < 4.78 is 40.8. The summed E-state index contributed by atoms with van der Waals surface area (Å²) in [6.07, 6.45) is 0.333. The van der Waals surface area contributed by atoms with Crippen molar-refractivity contribution in [3.8, 4) is 0 Å². The van der Waals surface area contributed by atoms with Gasteiger partial charge < -0.3 is 4.90 Å². The Hall–Kier alpha value is -2.25. The SMILES string of the molecule is Cc1ccc(N2CC[C@@H](NS(=O)(=O)c3ccccc3F)C2=O)cc1C. The molecule has 1 N–H and O–H groups in total. The summed E-state index contributed by atoms with van der Waals surface area (Å²) in [6.45, 7) is 4.35. The lowest BCUT2D eigenvalue weighted by Gasteiger charge is -2.18. The molecule has 2 aromatic rings. The fraction of sp³-hybridized carbons (Fsp3) is 0.278. The Balaban J connectivity index is 1.80. The number of rotatable bonds is 4. The topological polar surface area (TPSA) is 66.5 Å². The molecule has 0 spiro atoms. The molecule has 0 aliphatic carbocycles. The molecule has 0 radical (unpaired) electrons. The molecule has 0 saturated carbocycles. The standard InChI is InChI=1S/C18H19FN2O3S/c1-12-7-8-14(11-13(12)2)21-10-9-16(18(21)22)20-25(23,24)17-6-4-3-5-15(17)19/h3-8,11,16,20H,9-10H2,1-2H3/t16-/m1/s1. The first-order chi connectivity index (χ1) is 11.8. The fourth-order valence-electron chi connectivity index (χ4n) is 2.85. The van der Waals surface area contributed by atoms with Gasteiger partial charge in [-0.1, -0.05) is 18.2 Å². The van der Waals surface area contributed by atoms with Crippen LogP contribution in [0.3, 0.4) is 0 Å². The molecule has 1 aliphatic heterocycles. The fourth-order valence-corrected chi connectivity index (χ4v) is 4.16. The number of nitrogens with zero attached hydrogens (tertiary/aromatic N) is 1. The second kappa shape index (κ2) is 6.57. The molecular weight excluding hydrogens is 343 g/mol. The molecule has 1 amide bonds. The van der Waals surface area contributed by atoms with Crippen molar-refractivity contribution in [1.82, 2.24) is 4.72 Å². The second-order valence-corrected chi connectivity index (χ2v) is 7.83. The predicted octanol–water partition coefficient (Wildman–Crippen LogP) is 2.53. The van der Waals surface area contributed by atoms with Gasteiger partial charge in [0.1, 0.15) is 16.8 Å². The molecule has 132 valence electrons. The molecule has 1 heterocycles. The van der Waals surface area contributed by atoms with Crippen molar-refractivity contribution in [1.29, 1.82) is 0 Å². The van der Waals surface area contributed by atoms with Crippen molar-refractivity contribution in [2.75, 3.05) is 11.4 Å². The van der Waals surface area contributed by atoms with Crippen LogP contribution >= 0.6 is 0 Å². The van der Waals surface area contributed by atoms with Crippen LogP contribution in [0.1, 0.15) is 17.5 Å². The summed E-state index contributed by atoms with van der Waals surface area (Å²) in [5.74, 6) is -1.17. The Kier molecular flexibility index (Phi) is 4.62. The van der Waals surface area contributed by atoms with E-state index in [2.05, 4.69) is 4.72 Å². The number of sulfonamides is 1. The first kappa shape index (κ1) is 17.6. The number of anilines is 1. The summed E-state index contributed by atoms with van der Waals surface area (Å²) in [7, 11) is -4.10. The third kappa shape index (κ3) is 3.43. The lowest BCUT2D eigenvalue weighted by molar-refractivity contribution is -0.118. The maximum Gasteiger partial charge on any atom is 0.245 e. The van der Waals surface area contributed by atoms with Gasteiger partial charge in [0.2, 0.25) is 15.9 Å². The van der Waals surface area contributed by atoms with Gasteiger partial charge in [-0.2, -0.15) is 4.72 Å². The van der Waals surface area contributed by atoms with Crippen LogP contribution in [-0.4, -0.2) is 26.9 Å². The lowest BCUT2D eigenvalue weighted by atomic mass is 10.1. The van der Waals surface area contributed by atoms with Crippen LogP contribution in [0.15, 0.2) is 47.4 Å². The Morgan fingerprint density at radius 2 is 1.84 bits per heavy atom. The van der Waals surface area contributed by atoms with Crippen molar-refractivity contribution in [2.24, 2.45) is 0 Å². The zero-order valence-electron chi connectivity index (χ0n) is 14.0. The van der Waals surface area contributed by atoms with Gasteiger partial charge in [-0.05, 0) is 55.7 Å². The zero-order chi connectivity index (χ0) is 18.2. The second-order valence-electron chi connectivity index (χ2n) is 6.15. The number of carbonyl (C=O) groups excluding carboxylic acids is 1. The van der Waals surface area contributed by atoms with Gasteiger partial charge in [0.05, 0.1) is 0 Å². The van der Waals surface area contributed by atoms with E-state index in [-0.39, 0.29) is 5.91 Å². The van der Waals surface area contributed by atoms with Crippen LogP contribution in [0, 0.1) is 19.7 Å².